The lowest BCUT2D eigenvalue weighted by Crippen LogP contribution is -2.33. The quantitative estimate of drug-likeness (QED) is 0.501. The van der Waals surface area contributed by atoms with E-state index in [0.717, 1.165) is 37.1 Å². The van der Waals surface area contributed by atoms with Gasteiger partial charge in [-0.1, -0.05) is 29.8 Å². The van der Waals surface area contributed by atoms with Crippen LogP contribution in [0.4, 0.5) is 16.2 Å². The summed E-state index contributed by atoms with van der Waals surface area (Å²) in [5.74, 6) is -0.0265. The molecule has 2 amide bonds. The first kappa shape index (κ1) is 22.5. The van der Waals surface area contributed by atoms with Crippen molar-refractivity contribution in [1.29, 1.82) is 0 Å². The highest BCUT2D eigenvalue weighted by molar-refractivity contribution is 6.06. The number of carbonyl (C=O) groups excluding carboxylic acids is 2. The number of para-hydroxylation sites is 2. The lowest BCUT2D eigenvalue weighted by Gasteiger charge is -2.30. The van der Waals surface area contributed by atoms with Crippen LogP contribution in [0.15, 0.2) is 73.1 Å². The van der Waals surface area contributed by atoms with Crippen LogP contribution >= 0.6 is 0 Å². The Morgan fingerprint density at radius 2 is 1.67 bits per heavy atom. The zero-order chi connectivity index (χ0) is 23.0. The molecule has 1 aromatic heterocycles. The number of rotatable bonds is 6. The number of benzene rings is 2. The van der Waals surface area contributed by atoms with Crippen molar-refractivity contribution in [2.24, 2.45) is 5.92 Å². The van der Waals surface area contributed by atoms with E-state index in [1.54, 1.807) is 42.7 Å². The van der Waals surface area contributed by atoms with E-state index in [2.05, 4.69) is 20.9 Å². The Morgan fingerprint density at radius 3 is 2.36 bits per heavy atom. The number of nitrogens with zero attached hydrogens (tertiary/aromatic N) is 1. The third-order valence-corrected chi connectivity index (χ3v) is 5.77. The lowest BCUT2D eigenvalue weighted by molar-refractivity contribution is 0.0591. The minimum Gasteiger partial charge on any atom is -0.441 e. The summed E-state index contributed by atoms with van der Waals surface area (Å²) in [5.41, 5.74) is 3.45. The molecule has 7 heteroatoms. The molecule has 2 heterocycles. The van der Waals surface area contributed by atoms with Gasteiger partial charge in [0.2, 0.25) is 0 Å². The van der Waals surface area contributed by atoms with Crippen LogP contribution in [-0.2, 0) is 4.74 Å². The molecule has 0 saturated carbocycles. The number of nitrogens with one attached hydrogen (secondary N) is 3. The van der Waals surface area contributed by atoms with Gasteiger partial charge in [-0.05, 0) is 74.8 Å². The van der Waals surface area contributed by atoms with Crippen LogP contribution in [-0.4, -0.2) is 30.1 Å². The maximum atomic E-state index is 12.9. The molecule has 33 heavy (non-hydrogen) atoms. The largest absolute Gasteiger partial charge is 0.441 e. The minimum atomic E-state index is -0.562. The lowest BCUT2D eigenvalue weighted by atomic mass is 9.88. The highest BCUT2D eigenvalue weighted by Crippen LogP contribution is 2.33. The van der Waals surface area contributed by atoms with E-state index in [4.69, 9.17) is 4.74 Å². The normalized spacial score (nSPS) is 14.8. The molecule has 1 unspecified atom stereocenters. The molecule has 3 aromatic rings. The highest BCUT2D eigenvalue weighted by Gasteiger charge is 2.28. The number of hydrogen-bond donors (Lipinski definition) is 3. The fourth-order valence-corrected chi connectivity index (χ4v) is 4.07. The maximum Gasteiger partial charge on any atom is 0.412 e. The molecule has 1 saturated heterocycles. The number of amides is 2. The summed E-state index contributed by atoms with van der Waals surface area (Å²) in [4.78, 5) is 29.7. The van der Waals surface area contributed by atoms with Crippen molar-refractivity contribution in [2.75, 3.05) is 23.7 Å². The number of pyridine rings is 1. The molecule has 0 spiro atoms. The van der Waals surface area contributed by atoms with Crippen LogP contribution in [0.25, 0.3) is 0 Å². The van der Waals surface area contributed by atoms with Gasteiger partial charge in [0.1, 0.15) is 6.10 Å². The van der Waals surface area contributed by atoms with Gasteiger partial charge in [0.05, 0.1) is 11.4 Å². The van der Waals surface area contributed by atoms with E-state index in [1.165, 1.54) is 0 Å². The Labute approximate surface area is 193 Å². The van der Waals surface area contributed by atoms with Crippen molar-refractivity contribution in [3.05, 3.63) is 89.7 Å². The van der Waals surface area contributed by atoms with Gasteiger partial charge in [0.15, 0.2) is 0 Å². The van der Waals surface area contributed by atoms with Crippen LogP contribution in [0, 0.1) is 12.8 Å². The number of carbonyl (C=O) groups is 2. The molecule has 0 radical (unpaired) electrons. The van der Waals surface area contributed by atoms with E-state index in [-0.39, 0.29) is 17.9 Å². The average Bonchev–Trinajstić information content (AvgIpc) is 2.85. The van der Waals surface area contributed by atoms with E-state index < -0.39 is 6.09 Å². The van der Waals surface area contributed by atoms with Gasteiger partial charge >= 0.3 is 6.09 Å². The molecular formula is C26H28N4O3. The van der Waals surface area contributed by atoms with Crippen LogP contribution < -0.4 is 16.0 Å². The van der Waals surface area contributed by atoms with E-state index in [0.29, 0.717) is 16.9 Å². The molecule has 0 aliphatic carbocycles. The van der Waals surface area contributed by atoms with Crippen LogP contribution in [0.3, 0.4) is 0 Å². The fraction of sp³-hybridized carbons (Fsp3) is 0.269. The fourth-order valence-electron chi connectivity index (χ4n) is 4.07. The van der Waals surface area contributed by atoms with E-state index in [9.17, 15) is 9.59 Å². The van der Waals surface area contributed by atoms with Crippen molar-refractivity contribution < 1.29 is 14.3 Å². The van der Waals surface area contributed by atoms with E-state index in [1.807, 2.05) is 37.3 Å². The summed E-state index contributed by atoms with van der Waals surface area (Å²) in [7, 11) is 0. The third kappa shape index (κ3) is 5.96. The maximum absolute atomic E-state index is 12.9. The van der Waals surface area contributed by atoms with E-state index >= 15 is 0 Å². The van der Waals surface area contributed by atoms with Crippen molar-refractivity contribution in [3.63, 3.8) is 0 Å². The van der Waals surface area contributed by atoms with Crippen LogP contribution in [0.5, 0.6) is 0 Å². The Hall–Kier alpha value is -3.71. The van der Waals surface area contributed by atoms with Crippen molar-refractivity contribution >= 4 is 23.4 Å². The number of aromatic nitrogens is 1. The molecule has 170 valence electrons. The molecule has 0 bridgehead atoms. The molecule has 1 atom stereocenters. The summed E-state index contributed by atoms with van der Waals surface area (Å²) in [6, 6.07) is 18.2. The van der Waals surface area contributed by atoms with Crippen molar-refractivity contribution in [3.8, 4) is 0 Å². The molecule has 7 nitrogen and oxygen atoms in total. The summed E-state index contributed by atoms with van der Waals surface area (Å²) >= 11 is 0. The SMILES string of the molecule is Cc1cccc(C(=O)Nc2ccccc2NC(=O)OC(c2ccncc2)C2CCNCC2)c1. The summed E-state index contributed by atoms with van der Waals surface area (Å²) < 4.78 is 5.92. The smallest absolute Gasteiger partial charge is 0.412 e. The molecule has 1 aliphatic rings. The molecular weight excluding hydrogens is 416 g/mol. The van der Waals surface area contributed by atoms with Gasteiger partial charge in [-0.3, -0.25) is 15.1 Å². The Balaban J connectivity index is 1.48. The number of ether oxygens (including phenoxy) is 1. The molecule has 2 aromatic carbocycles. The zero-order valence-electron chi connectivity index (χ0n) is 18.6. The zero-order valence-corrected chi connectivity index (χ0v) is 18.6. The second kappa shape index (κ2) is 10.7. The molecule has 3 N–H and O–H groups in total. The number of aryl methyl sites for hydroxylation is 1. The van der Waals surface area contributed by atoms with Gasteiger partial charge in [0.25, 0.3) is 5.91 Å². The minimum absolute atomic E-state index is 0.218. The second-order valence-electron chi connectivity index (χ2n) is 8.19. The highest BCUT2D eigenvalue weighted by atomic mass is 16.6. The van der Waals surface area contributed by atoms with Gasteiger partial charge in [-0.2, -0.15) is 0 Å². The van der Waals surface area contributed by atoms with Gasteiger partial charge in [-0.15, -0.1) is 0 Å². The first-order valence-corrected chi connectivity index (χ1v) is 11.2. The number of anilines is 2. The monoisotopic (exact) mass is 444 g/mol. The number of hydrogen-bond acceptors (Lipinski definition) is 5. The molecule has 1 fully saturated rings. The van der Waals surface area contributed by atoms with Crippen LogP contribution in [0.1, 0.15) is 40.4 Å². The third-order valence-electron chi connectivity index (χ3n) is 5.77. The summed E-state index contributed by atoms with van der Waals surface area (Å²) in [6.07, 6.45) is 4.32. The first-order chi connectivity index (χ1) is 16.1. The Morgan fingerprint density at radius 1 is 0.970 bits per heavy atom. The van der Waals surface area contributed by atoms with Gasteiger partial charge < -0.3 is 15.4 Å². The number of piperidine rings is 1. The Kier molecular flexibility index (Phi) is 7.32. The molecule has 1 aliphatic heterocycles. The topological polar surface area (TPSA) is 92.4 Å². The molecule has 4 rings (SSSR count). The Bertz CT molecular complexity index is 1100. The summed E-state index contributed by atoms with van der Waals surface area (Å²) in [5, 5.41) is 9.04. The first-order valence-electron chi connectivity index (χ1n) is 11.2. The standard InChI is InChI=1S/C26H28N4O3/c1-18-5-4-6-21(17-18)25(31)29-22-7-2-3-8-23(22)30-26(32)33-24(19-9-13-27-14-10-19)20-11-15-28-16-12-20/h2-10,13-14,17,20,24,28H,11-12,15-16H2,1H3,(H,29,31)(H,30,32). The predicted octanol–water partition coefficient (Wildman–Crippen LogP) is 4.93. The predicted molar refractivity (Wildman–Crippen MR) is 128 cm³/mol. The van der Waals surface area contributed by atoms with Gasteiger partial charge in [0, 0.05) is 23.9 Å². The van der Waals surface area contributed by atoms with Crippen molar-refractivity contribution in [1.82, 2.24) is 10.3 Å². The average molecular weight is 445 g/mol. The summed E-state index contributed by atoms with van der Waals surface area (Å²) in [6.45, 7) is 3.72. The van der Waals surface area contributed by atoms with Crippen LogP contribution in [0.2, 0.25) is 0 Å². The van der Waals surface area contributed by atoms with Crippen molar-refractivity contribution in [2.45, 2.75) is 25.9 Å². The van der Waals surface area contributed by atoms with Gasteiger partial charge in [-0.25, -0.2) is 4.79 Å². The second-order valence-corrected chi connectivity index (χ2v) is 8.19.